The van der Waals surface area contributed by atoms with Crippen LogP contribution in [0.15, 0.2) is 23.1 Å². The first-order valence-corrected chi connectivity index (χ1v) is 8.79. The summed E-state index contributed by atoms with van der Waals surface area (Å²) in [5.41, 5.74) is 2.13. The Kier molecular flexibility index (Phi) is 5.30. The van der Waals surface area contributed by atoms with E-state index in [0.717, 1.165) is 37.3 Å². The highest BCUT2D eigenvalue weighted by molar-refractivity contribution is 7.97. The number of halogens is 1. The molecule has 0 amide bonds. The van der Waals surface area contributed by atoms with Crippen LogP contribution in [0.4, 0.5) is 4.39 Å². The Labute approximate surface area is 145 Å². The minimum absolute atomic E-state index is 0.112. The van der Waals surface area contributed by atoms with Crippen LogP contribution in [0, 0.1) is 19.7 Å². The van der Waals surface area contributed by atoms with E-state index in [2.05, 4.69) is 14.5 Å². The van der Waals surface area contributed by atoms with Gasteiger partial charge in [0.05, 0.1) is 17.7 Å². The van der Waals surface area contributed by atoms with Crippen molar-refractivity contribution in [3.05, 3.63) is 35.4 Å². The molecule has 1 fully saturated rings. The SMILES string of the molecule is COc1ccc(OC2CCN(Sc3c(C)n[nH]c3C)CC2)cc1F. The fourth-order valence-corrected chi connectivity index (χ4v) is 3.77. The van der Waals surface area contributed by atoms with Gasteiger partial charge in [-0.1, -0.05) is 0 Å². The second kappa shape index (κ2) is 7.44. The molecule has 0 unspecified atom stereocenters. The molecule has 1 aliphatic rings. The van der Waals surface area contributed by atoms with Crippen LogP contribution in [-0.2, 0) is 0 Å². The molecular formula is C17H22FN3O2S. The number of H-pyrrole nitrogens is 1. The van der Waals surface area contributed by atoms with Crippen LogP contribution in [0.2, 0.25) is 0 Å². The summed E-state index contributed by atoms with van der Waals surface area (Å²) in [7, 11) is 1.45. The van der Waals surface area contributed by atoms with Gasteiger partial charge >= 0.3 is 0 Å². The van der Waals surface area contributed by atoms with Crippen molar-refractivity contribution in [1.82, 2.24) is 14.5 Å². The van der Waals surface area contributed by atoms with Crippen molar-refractivity contribution in [3.8, 4) is 11.5 Å². The molecule has 2 heterocycles. The summed E-state index contributed by atoms with van der Waals surface area (Å²) in [5.74, 6) is 0.397. The van der Waals surface area contributed by atoms with E-state index in [4.69, 9.17) is 9.47 Å². The third-order valence-electron chi connectivity index (χ3n) is 4.11. The molecule has 130 valence electrons. The molecule has 1 saturated heterocycles. The Morgan fingerprint density at radius 1 is 1.29 bits per heavy atom. The number of aromatic nitrogens is 2. The number of rotatable bonds is 5. The van der Waals surface area contributed by atoms with E-state index in [1.165, 1.54) is 18.1 Å². The molecule has 24 heavy (non-hydrogen) atoms. The van der Waals surface area contributed by atoms with Crippen LogP contribution in [-0.4, -0.2) is 40.8 Å². The topological polar surface area (TPSA) is 50.4 Å². The smallest absolute Gasteiger partial charge is 0.168 e. The maximum atomic E-state index is 13.7. The van der Waals surface area contributed by atoms with Gasteiger partial charge in [-0.15, -0.1) is 0 Å². The molecular weight excluding hydrogens is 329 g/mol. The Morgan fingerprint density at radius 3 is 2.62 bits per heavy atom. The molecule has 5 nitrogen and oxygen atoms in total. The molecule has 0 bridgehead atoms. The highest BCUT2D eigenvalue weighted by atomic mass is 32.2. The third-order valence-corrected chi connectivity index (χ3v) is 5.52. The first kappa shape index (κ1) is 17.1. The summed E-state index contributed by atoms with van der Waals surface area (Å²) >= 11 is 1.75. The van der Waals surface area contributed by atoms with E-state index in [-0.39, 0.29) is 11.9 Å². The minimum Gasteiger partial charge on any atom is -0.494 e. The maximum Gasteiger partial charge on any atom is 0.168 e. The van der Waals surface area contributed by atoms with Crippen LogP contribution in [0.25, 0.3) is 0 Å². The van der Waals surface area contributed by atoms with Crippen LogP contribution in [0.5, 0.6) is 11.5 Å². The number of aromatic amines is 1. The Bertz CT molecular complexity index is 680. The van der Waals surface area contributed by atoms with Crippen LogP contribution >= 0.6 is 11.9 Å². The quantitative estimate of drug-likeness (QED) is 0.832. The van der Waals surface area contributed by atoms with Gasteiger partial charge < -0.3 is 9.47 Å². The van der Waals surface area contributed by atoms with Gasteiger partial charge in [-0.3, -0.25) is 5.10 Å². The normalized spacial score (nSPS) is 16.3. The number of nitrogens with zero attached hydrogens (tertiary/aromatic N) is 2. The van der Waals surface area contributed by atoms with Gasteiger partial charge in [0.1, 0.15) is 11.9 Å². The Morgan fingerprint density at radius 2 is 2.04 bits per heavy atom. The van der Waals surface area contributed by atoms with Crippen molar-refractivity contribution in [2.75, 3.05) is 20.2 Å². The number of aryl methyl sites for hydroxylation is 2. The lowest BCUT2D eigenvalue weighted by Crippen LogP contribution is -2.34. The lowest BCUT2D eigenvalue weighted by molar-refractivity contribution is 0.138. The molecule has 7 heteroatoms. The Balaban J connectivity index is 1.53. The van der Waals surface area contributed by atoms with Crippen molar-refractivity contribution >= 4 is 11.9 Å². The first-order valence-electron chi connectivity index (χ1n) is 8.01. The molecule has 0 radical (unpaired) electrons. The van der Waals surface area contributed by atoms with E-state index in [9.17, 15) is 4.39 Å². The van der Waals surface area contributed by atoms with Crippen molar-refractivity contribution in [2.24, 2.45) is 0 Å². The van der Waals surface area contributed by atoms with Gasteiger partial charge in [-0.05, 0) is 50.8 Å². The zero-order chi connectivity index (χ0) is 17.1. The molecule has 2 aromatic rings. The zero-order valence-corrected chi connectivity index (χ0v) is 15.0. The summed E-state index contributed by atoms with van der Waals surface area (Å²) in [6.07, 6.45) is 1.94. The summed E-state index contributed by atoms with van der Waals surface area (Å²) in [6, 6.07) is 4.74. The maximum absolute atomic E-state index is 13.7. The minimum atomic E-state index is -0.395. The third kappa shape index (κ3) is 3.84. The van der Waals surface area contributed by atoms with Gasteiger partial charge in [0, 0.05) is 24.8 Å². The molecule has 0 spiro atoms. The molecule has 0 saturated carbocycles. The predicted molar refractivity (Wildman–Crippen MR) is 92.1 cm³/mol. The van der Waals surface area contributed by atoms with E-state index in [1.807, 2.05) is 13.8 Å². The molecule has 0 aliphatic carbocycles. The van der Waals surface area contributed by atoms with Gasteiger partial charge in [0.25, 0.3) is 0 Å². The summed E-state index contributed by atoms with van der Waals surface area (Å²) < 4.78 is 26.9. The van der Waals surface area contributed by atoms with E-state index in [0.29, 0.717) is 5.75 Å². The van der Waals surface area contributed by atoms with Gasteiger partial charge in [-0.2, -0.15) is 5.10 Å². The number of nitrogens with one attached hydrogen (secondary N) is 1. The molecule has 3 rings (SSSR count). The highest BCUT2D eigenvalue weighted by Crippen LogP contribution is 2.31. The number of methoxy groups -OCH3 is 1. The average Bonchev–Trinajstić information content (AvgIpc) is 2.89. The number of benzene rings is 1. The van der Waals surface area contributed by atoms with Crippen molar-refractivity contribution in [1.29, 1.82) is 0 Å². The summed E-state index contributed by atoms with van der Waals surface area (Å²) in [5, 5.41) is 7.25. The van der Waals surface area contributed by atoms with Crippen molar-refractivity contribution in [3.63, 3.8) is 0 Å². The van der Waals surface area contributed by atoms with Crippen LogP contribution in [0.1, 0.15) is 24.2 Å². The largest absolute Gasteiger partial charge is 0.494 e. The van der Waals surface area contributed by atoms with Crippen LogP contribution < -0.4 is 9.47 Å². The summed E-state index contributed by atoms with van der Waals surface area (Å²) in [4.78, 5) is 1.20. The van der Waals surface area contributed by atoms with Gasteiger partial charge in [0.2, 0.25) is 0 Å². The second-order valence-electron chi connectivity index (χ2n) is 5.90. The molecule has 1 aromatic heterocycles. The monoisotopic (exact) mass is 351 g/mol. The number of piperidine rings is 1. The molecule has 1 aromatic carbocycles. The highest BCUT2D eigenvalue weighted by Gasteiger charge is 2.23. The second-order valence-corrected chi connectivity index (χ2v) is 7.00. The fraction of sp³-hybridized carbons (Fsp3) is 0.471. The summed E-state index contributed by atoms with van der Waals surface area (Å²) in [6.45, 7) is 5.91. The van der Waals surface area contributed by atoms with Gasteiger partial charge in [0.15, 0.2) is 11.6 Å². The average molecular weight is 351 g/mol. The van der Waals surface area contributed by atoms with E-state index in [1.54, 1.807) is 24.1 Å². The number of hydrogen-bond acceptors (Lipinski definition) is 5. The first-order chi connectivity index (χ1) is 11.6. The predicted octanol–water partition coefficient (Wildman–Crippen LogP) is 3.72. The standard InChI is InChI=1S/C17H22FN3O2S/c1-11-17(12(2)20-19-11)24-21-8-6-13(7-9-21)23-14-4-5-16(22-3)15(18)10-14/h4-5,10,13H,6-9H2,1-3H3,(H,19,20). The number of hydrogen-bond donors (Lipinski definition) is 1. The molecule has 1 aliphatic heterocycles. The van der Waals surface area contributed by atoms with Crippen LogP contribution in [0.3, 0.4) is 0 Å². The van der Waals surface area contributed by atoms with Crippen molar-refractivity contribution in [2.45, 2.75) is 37.7 Å². The van der Waals surface area contributed by atoms with E-state index < -0.39 is 5.82 Å². The number of ether oxygens (including phenoxy) is 2. The fourth-order valence-electron chi connectivity index (χ4n) is 2.76. The molecule has 1 N–H and O–H groups in total. The van der Waals surface area contributed by atoms with E-state index >= 15 is 0 Å². The van der Waals surface area contributed by atoms with Crippen molar-refractivity contribution < 1.29 is 13.9 Å². The van der Waals surface area contributed by atoms with Gasteiger partial charge in [-0.25, -0.2) is 8.70 Å². The lowest BCUT2D eigenvalue weighted by atomic mass is 10.1. The molecule has 0 atom stereocenters. The Hall–Kier alpha value is -1.73. The zero-order valence-electron chi connectivity index (χ0n) is 14.1. The lowest BCUT2D eigenvalue weighted by Gasteiger charge is -2.31.